The fourth-order valence-corrected chi connectivity index (χ4v) is 3.29. The lowest BCUT2D eigenvalue weighted by atomic mass is 10.3. The van der Waals surface area contributed by atoms with Crippen molar-refractivity contribution in [1.82, 2.24) is 14.4 Å². The van der Waals surface area contributed by atoms with E-state index in [1.807, 2.05) is 0 Å². The van der Waals surface area contributed by atoms with Crippen LogP contribution in [0.2, 0.25) is 0 Å². The van der Waals surface area contributed by atoms with Gasteiger partial charge in [0.2, 0.25) is 0 Å². The number of fused-ring (bicyclic) bond motifs is 1. The summed E-state index contributed by atoms with van der Waals surface area (Å²) in [6, 6.07) is 9.95. The molecule has 0 saturated carbocycles. The molecule has 0 N–H and O–H groups in total. The smallest absolute Gasteiger partial charge is 0.420 e. The first-order chi connectivity index (χ1) is 14.5. The van der Waals surface area contributed by atoms with Crippen molar-refractivity contribution in [2.24, 2.45) is 0 Å². The van der Waals surface area contributed by atoms with Crippen molar-refractivity contribution in [3.8, 4) is 0 Å². The van der Waals surface area contributed by atoms with Gasteiger partial charge in [-0.05, 0) is 24.3 Å². The summed E-state index contributed by atoms with van der Waals surface area (Å²) in [7, 11) is 0. The van der Waals surface area contributed by atoms with E-state index in [1.165, 1.54) is 11.2 Å². The Morgan fingerprint density at radius 1 is 0.967 bits per heavy atom. The van der Waals surface area contributed by atoms with Gasteiger partial charge in [-0.15, -0.1) is 0 Å². The molecule has 0 unspecified atom stereocenters. The Hall–Kier alpha value is -3.82. The predicted octanol–water partition coefficient (Wildman–Crippen LogP) is 0.715. The third kappa shape index (κ3) is 3.97. The highest BCUT2D eigenvalue weighted by Gasteiger charge is 2.26. The third-order valence-electron chi connectivity index (χ3n) is 4.87. The van der Waals surface area contributed by atoms with Crippen LogP contribution in [0.4, 0.5) is 0 Å². The first-order valence-electron chi connectivity index (χ1n) is 9.37. The van der Waals surface area contributed by atoms with Crippen molar-refractivity contribution in [2.75, 3.05) is 32.8 Å². The molecule has 0 radical (unpaired) electrons. The van der Waals surface area contributed by atoms with Gasteiger partial charge in [-0.3, -0.25) is 19.0 Å². The number of ether oxygens (including phenoxy) is 1. The van der Waals surface area contributed by atoms with Crippen LogP contribution in [0, 0.1) is 0 Å². The lowest BCUT2D eigenvalue weighted by molar-refractivity contribution is -0.153. The van der Waals surface area contributed by atoms with Crippen LogP contribution < -0.4 is 5.76 Å². The molecule has 1 fully saturated rings. The summed E-state index contributed by atoms with van der Waals surface area (Å²) in [5.41, 5.74) is 0.844. The standard InChI is InChI=1S/C20H19N3O7/c24-17(21-7-9-22(10-8-21)19(26)16-6-3-11-28-16)13-29-18(25)12-23-14-4-1-2-5-15(14)30-20(23)27/h1-6,11H,7-10,12-13H2. The van der Waals surface area contributed by atoms with E-state index in [1.54, 1.807) is 41.3 Å². The second-order valence-corrected chi connectivity index (χ2v) is 6.73. The second kappa shape index (κ2) is 8.27. The minimum atomic E-state index is -0.719. The molecule has 10 heteroatoms. The van der Waals surface area contributed by atoms with Gasteiger partial charge >= 0.3 is 11.7 Å². The number of amides is 2. The molecular weight excluding hydrogens is 394 g/mol. The summed E-state index contributed by atoms with van der Waals surface area (Å²) in [6.45, 7) is 0.582. The van der Waals surface area contributed by atoms with Crippen molar-refractivity contribution in [2.45, 2.75) is 6.54 Å². The van der Waals surface area contributed by atoms with Crippen LogP contribution in [0.1, 0.15) is 10.6 Å². The molecule has 0 bridgehead atoms. The van der Waals surface area contributed by atoms with Crippen LogP contribution >= 0.6 is 0 Å². The summed E-state index contributed by atoms with van der Waals surface area (Å²) >= 11 is 0. The summed E-state index contributed by atoms with van der Waals surface area (Å²) in [6.07, 6.45) is 1.43. The molecule has 3 aromatic rings. The molecular formula is C20H19N3O7. The number of aromatic nitrogens is 1. The Morgan fingerprint density at radius 3 is 2.43 bits per heavy atom. The van der Waals surface area contributed by atoms with Crippen molar-refractivity contribution >= 4 is 28.9 Å². The molecule has 30 heavy (non-hydrogen) atoms. The van der Waals surface area contributed by atoms with Crippen molar-refractivity contribution in [3.63, 3.8) is 0 Å². The molecule has 156 valence electrons. The molecule has 0 spiro atoms. The number of carbonyl (C=O) groups excluding carboxylic acids is 3. The van der Waals surface area contributed by atoms with Crippen LogP contribution in [-0.4, -0.2) is 64.9 Å². The average molecular weight is 413 g/mol. The minimum absolute atomic E-state index is 0.226. The average Bonchev–Trinajstić information content (AvgIpc) is 3.40. The van der Waals surface area contributed by atoms with Crippen LogP contribution in [0.25, 0.3) is 11.1 Å². The first kappa shape index (κ1) is 19.5. The van der Waals surface area contributed by atoms with Crippen molar-refractivity contribution in [1.29, 1.82) is 0 Å². The van der Waals surface area contributed by atoms with Crippen LogP contribution in [0.5, 0.6) is 0 Å². The number of rotatable bonds is 5. The summed E-state index contributed by atoms with van der Waals surface area (Å²) in [5.74, 6) is -1.72. The molecule has 4 rings (SSSR count). The highest BCUT2D eigenvalue weighted by Crippen LogP contribution is 2.12. The van der Waals surface area contributed by atoms with Gasteiger partial charge in [0, 0.05) is 26.2 Å². The Morgan fingerprint density at radius 2 is 1.70 bits per heavy atom. The first-order valence-corrected chi connectivity index (χ1v) is 9.37. The Kier molecular flexibility index (Phi) is 5.38. The molecule has 10 nitrogen and oxygen atoms in total. The number of carbonyl (C=O) groups is 3. The minimum Gasteiger partial charge on any atom is -0.459 e. The highest BCUT2D eigenvalue weighted by molar-refractivity contribution is 5.91. The normalized spacial score (nSPS) is 14.1. The Bertz CT molecular complexity index is 1120. The topological polar surface area (TPSA) is 115 Å². The maximum Gasteiger partial charge on any atom is 0.420 e. The van der Waals surface area contributed by atoms with Crippen molar-refractivity contribution < 1.29 is 28.0 Å². The monoisotopic (exact) mass is 413 g/mol. The zero-order valence-electron chi connectivity index (χ0n) is 16.0. The quantitative estimate of drug-likeness (QED) is 0.566. The van der Waals surface area contributed by atoms with Gasteiger partial charge in [-0.2, -0.15) is 0 Å². The van der Waals surface area contributed by atoms with E-state index in [0.29, 0.717) is 37.3 Å². The van der Waals surface area contributed by atoms with E-state index >= 15 is 0 Å². The van der Waals surface area contributed by atoms with Crippen LogP contribution in [-0.2, 0) is 20.9 Å². The lowest BCUT2D eigenvalue weighted by Gasteiger charge is -2.34. The fourth-order valence-electron chi connectivity index (χ4n) is 3.29. The lowest BCUT2D eigenvalue weighted by Crippen LogP contribution is -2.51. The van der Waals surface area contributed by atoms with Gasteiger partial charge in [-0.25, -0.2) is 4.79 Å². The van der Waals surface area contributed by atoms with Crippen LogP contribution in [0.15, 0.2) is 56.3 Å². The molecule has 1 aliphatic heterocycles. The molecule has 0 aliphatic carbocycles. The second-order valence-electron chi connectivity index (χ2n) is 6.73. The largest absolute Gasteiger partial charge is 0.459 e. The molecule has 1 aromatic carbocycles. The molecule has 1 saturated heterocycles. The molecule has 2 aromatic heterocycles. The number of oxazole rings is 1. The zero-order valence-corrected chi connectivity index (χ0v) is 16.0. The summed E-state index contributed by atoms with van der Waals surface area (Å²) < 4.78 is 16.4. The van der Waals surface area contributed by atoms with E-state index < -0.39 is 18.3 Å². The third-order valence-corrected chi connectivity index (χ3v) is 4.87. The maximum atomic E-state index is 12.3. The highest BCUT2D eigenvalue weighted by atomic mass is 16.5. The molecule has 2 amide bonds. The Balaban J connectivity index is 1.27. The van der Waals surface area contributed by atoms with E-state index in [9.17, 15) is 19.2 Å². The fraction of sp³-hybridized carbons (Fsp3) is 0.300. The predicted molar refractivity (Wildman–Crippen MR) is 103 cm³/mol. The molecule has 0 atom stereocenters. The SMILES string of the molecule is O=C(Cn1c(=O)oc2ccccc21)OCC(=O)N1CCN(C(=O)c2ccco2)CC1. The Labute approximate surface area is 170 Å². The van der Waals surface area contributed by atoms with E-state index in [-0.39, 0.29) is 24.1 Å². The van der Waals surface area contributed by atoms with Gasteiger partial charge < -0.3 is 23.4 Å². The number of para-hydroxylation sites is 2. The number of nitrogens with zero attached hydrogens (tertiary/aromatic N) is 3. The number of hydrogen-bond donors (Lipinski definition) is 0. The molecule has 3 heterocycles. The van der Waals surface area contributed by atoms with Gasteiger partial charge in [0.15, 0.2) is 18.0 Å². The zero-order chi connectivity index (χ0) is 21.1. The molecule has 1 aliphatic rings. The number of esters is 1. The number of benzene rings is 1. The van der Waals surface area contributed by atoms with Gasteiger partial charge in [0.1, 0.15) is 6.54 Å². The van der Waals surface area contributed by atoms with Gasteiger partial charge in [0.05, 0.1) is 11.8 Å². The van der Waals surface area contributed by atoms with E-state index in [0.717, 1.165) is 4.57 Å². The van der Waals surface area contributed by atoms with Crippen LogP contribution in [0.3, 0.4) is 0 Å². The van der Waals surface area contributed by atoms with Gasteiger partial charge in [0.25, 0.3) is 11.8 Å². The van der Waals surface area contributed by atoms with Gasteiger partial charge in [-0.1, -0.05) is 12.1 Å². The number of hydrogen-bond acceptors (Lipinski definition) is 7. The van der Waals surface area contributed by atoms with E-state index in [4.69, 9.17) is 13.6 Å². The number of piperazine rings is 1. The maximum absolute atomic E-state index is 12.3. The van der Waals surface area contributed by atoms with Crippen molar-refractivity contribution in [3.05, 3.63) is 59.0 Å². The summed E-state index contributed by atoms with van der Waals surface area (Å²) in [4.78, 5) is 51.7. The summed E-state index contributed by atoms with van der Waals surface area (Å²) in [5, 5.41) is 0. The number of furan rings is 1. The van der Waals surface area contributed by atoms with E-state index in [2.05, 4.69) is 0 Å².